The fourth-order valence-corrected chi connectivity index (χ4v) is 5.84. The Morgan fingerprint density at radius 3 is 1.24 bits per heavy atom. The molecule has 2 aliphatic rings. The van der Waals surface area contributed by atoms with Crippen LogP contribution in [0.2, 0.25) is 0 Å². The third-order valence-corrected chi connectivity index (χ3v) is 7.66. The highest BCUT2D eigenvalue weighted by atomic mass is 15.5. The summed E-state index contributed by atoms with van der Waals surface area (Å²) in [6, 6.07) is 35.5. The molecule has 0 spiro atoms. The first-order chi connectivity index (χ1) is 18.5. The molecule has 0 amide bonds. The molecule has 4 nitrogen and oxygen atoms in total. The Morgan fingerprint density at radius 1 is 0.421 bits per heavy atom. The highest BCUT2D eigenvalue weighted by Gasteiger charge is 2.39. The van der Waals surface area contributed by atoms with Crippen LogP contribution in [-0.2, 0) is 0 Å². The summed E-state index contributed by atoms with van der Waals surface area (Å²) in [6.07, 6.45) is 0. The molecule has 4 aromatic rings. The first kappa shape index (κ1) is 24.2. The highest BCUT2D eigenvalue weighted by molar-refractivity contribution is 5.74. The zero-order valence-electron chi connectivity index (χ0n) is 22.9. The van der Waals surface area contributed by atoms with Crippen LogP contribution in [-0.4, -0.2) is 26.2 Å². The number of hydrogen-bond donors (Lipinski definition) is 0. The molecule has 0 unspecified atom stereocenters. The summed E-state index contributed by atoms with van der Waals surface area (Å²) >= 11 is 0. The number of nitrogens with zero attached hydrogens (tertiary/aromatic N) is 4. The average Bonchev–Trinajstić information content (AvgIpc) is 3.53. The largest absolute Gasteiger partial charge is 0.323 e. The minimum atomic E-state index is 0.930. The predicted octanol–water partition coefficient (Wildman–Crippen LogP) is 7.40. The van der Waals surface area contributed by atoms with Gasteiger partial charge in [0.05, 0.1) is 0 Å². The molecule has 6 rings (SSSR count). The number of aryl methyl sites for hydroxylation is 4. The monoisotopic (exact) mass is 500 g/mol. The fraction of sp³-hybridized carbons (Fsp3) is 0.235. The standard InChI is InChI=1S/C34H36N4/c1-25-10-7-14-29(22-25)35-18-19-36(30-15-8-11-26(2)23-30)33(35)34-37(31-16-9-12-27(3)24-31)20-21-38(34)32-17-6-5-13-28(32)4/h5-17,22-24H,18-21H2,1-4H3. The summed E-state index contributed by atoms with van der Waals surface area (Å²) in [5.41, 5.74) is 10.1. The van der Waals surface area contributed by atoms with Crippen molar-refractivity contribution in [3.05, 3.63) is 131 Å². The van der Waals surface area contributed by atoms with Crippen LogP contribution < -0.4 is 19.6 Å². The Kier molecular flexibility index (Phi) is 6.32. The number of benzene rings is 4. The van der Waals surface area contributed by atoms with E-state index >= 15 is 0 Å². The van der Waals surface area contributed by atoms with Crippen LogP contribution in [0.5, 0.6) is 0 Å². The molecular formula is C34H36N4. The van der Waals surface area contributed by atoms with Crippen LogP contribution in [0.4, 0.5) is 22.7 Å². The van der Waals surface area contributed by atoms with Crippen molar-refractivity contribution in [1.29, 1.82) is 0 Å². The molecule has 0 atom stereocenters. The topological polar surface area (TPSA) is 13.0 Å². The lowest BCUT2D eigenvalue weighted by molar-refractivity contribution is 0.962. The SMILES string of the molecule is Cc1cccc(N2CCN(c3cccc(C)c3)C2=C2N(c3cccc(C)c3)CCN2c2ccccc2C)c1. The number of rotatable bonds is 4. The van der Waals surface area contributed by atoms with Gasteiger partial charge in [-0.15, -0.1) is 0 Å². The van der Waals surface area contributed by atoms with Gasteiger partial charge in [-0.2, -0.15) is 0 Å². The molecule has 0 saturated carbocycles. The second-order valence-corrected chi connectivity index (χ2v) is 10.6. The third-order valence-electron chi connectivity index (χ3n) is 7.66. The first-order valence-electron chi connectivity index (χ1n) is 13.6. The molecule has 2 saturated heterocycles. The Hall–Kier alpha value is -4.18. The quantitative estimate of drug-likeness (QED) is 0.289. The van der Waals surface area contributed by atoms with Crippen molar-refractivity contribution in [2.24, 2.45) is 0 Å². The van der Waals surface area contributed by atoms with Gasteiger partial charge in [0, 0.05) is 48.9 Å². The zero-order chi connectivity index (χ0) is 26.2. The van der Waals surface area contributed by atoms with E-state index in [9.17, 15) is 0 Å². The van der Waals surface area contributed by atoms with Crippen LogP contribution in [0, 0.1) is 27.7 Å². The molecule has 0 bridgehead atoms. The van der Waals surface area contributed by atoms with Gasteiger partial charge < -0.3 is 19.6 Å². The van der Waals surface area contributed by atoms with Crippen molar-refractivity contribution < 1.29 is 0 Å². The minimum absolute atomic E-state index is 0.930. The van der Waals surface area contributed by atoms with Gasteiger partial charge in [0.25, 0.3) is 0 Å². The van der Waals surface area contributed by atoms with Crippen molar-refractivity contribution in [2.75, 3.05) is 45.8 Å². The van der Waals surface area contributed by atoms with Gasteiger partial charge in [-0.3, -0.25) is 0 Å². The lowest BCUT2D eigenvalue weighted by atomic mass is 10.1. The maximum Gasteiger partial charge on any atom is 0.156 e. The smallest absolute Gasteiger partial charge is 0.156 e. The molecule has 4 aromatic carbocycles. The molecular weight excluding hydrogens is 464 g/mol. The van der Waals surface area contributed by atoms with E-state index in [1.807, 2.05) is 0 Å². The molecule has 0 radical (unpaired) electrons. The van der Waals surface area contributed by atoms with Crippen LogP contribution in [0.25, 0.3) is 0 Å². The highest BCUT2D eigenvalue weighted by Crippen LogP contribution is 2.40. The Morgan fingerprint density at radius 2 is 0.816 bits per heavy atom. The molecule has 2 aliphatic heterocycles. The van der Waals surface area contributed by atoms with Gasteiger partial charge in [0.2, 0.25) is 0 Å². The summed E-state index contributed by atoms with van der Waals surface area (Å²) in [4.78, 5) is 10.1. The second-order valence-electron chi connectivity index (χ2n) is 10.6. The number of para-hydroxylation sites is 1. The fourth-order valence-electron chi connectivity index (χ4n) is 5.84. The lowest BCUT2D eigenvalue weighted by Crippen LogP contribution is -2.34. The molecule has 192 valence electrons. The Labute approximate surface area is 227 Å². The molecule has 4 heteroatoms. The second kappa shape index (κ2) is 9.94. The zero-order valence-corrected chi connectivity index (χ0v) is 22.9. The van der Waals surface area contributed by atoms with E-state index in [1.165, 1.54) is 56.6 Å². The van der Waals surface area contributed by atoms with E-state index in [0.717, 1.165) is 26.2 Å². The summed E-state index contributed by atoms with van der Waals surface area (Å²) in [5.74, 6) is 2.48. The van der Waals surface area contributed by atoms with Gasteiger partial charge in [-0.1, -0.05) is 54.6 Å². The molecule has 38 heavy (non-hydrogen) atoms. The van der Waals surface area contributed by atoms with Gasteiger partial charge >= 0.3 is 0 Å². The molecule has 0 aromatic heterocycles. The lowest BCUT2D eigenvalue weighted by Gasteiger charge is -2.34. The Bertz CT molecular complexity index is 1450. The van der Waals surface area contributed by atoms with E-state index in [2.05, 4.69) is 144 Å². The van der Waals surface area contributed by atoms with Gasteiger partial charge in [-0.25, -0.2) is 0 Å². The third kappa shape index (κ3) is 4.41. The van der Waals surface area contributed by atoms with Gasteiger partial charge in [0.1, 0.15) is 0 Å². The molecule has 0 N–H and O–H groups in total. The normalized spacial score (nSPS) is 15.7. The predicted molar refractivity (Wildman–Crippen MR) is 161 cm³/mol. The number of anilines is 4. The summed E-state index contributed by atoms with van der Waals surface area (Å²) in [6.45, 7) is 12.5. The van der Waals surface area contributed by atoms with Crippen LogP contribution in [0.3, 0.4) is 0 Å². The van der Waals surface area contributed by atoms with E-state index in [0.29, 0.717) is 0 Å². The van der Waals surface area contributed by atoms with Crippen LogP contribution in [0.15, 0.2) is 109 Å². The van der Waals surface area contributed by atoms with E-state index in [-0.39, 0.29) is 0 Å². The summed E-state index contributed by atoms with van der Waals surface area (Å²) in [7, 11) is 0. The van der Waals surface area contributed by atoms with Crippen molar-refractivity contribution >= 4 is 22.7 Å². The minimum Gasteiger partial charge on any atom is -0.323 e. The maximum atomic E-state index is 2.53. The van der Waals surface area contributed by atoms with Gasteiger partial charge in [-0.05, 0) is 92.4 Å². The van der Waals surface area contributed by atoms with E-state index < -0.39 is 0 Å². The molecule has 0 aliphatic carbocycles. The van der Waals surface area contributed by atoms with Crippen molar-refractivity contribution in [2.45, 2.75) is 27.7 Å². The number of hydrogen-bond acceptors (Lipinski definition) is 4. The van der Waals surface area contributed by atoms with Crippen molar-refractivity contribution in [3.8, 4) is 0 Å². The molecule has 2 fully saturated rings. The van der Waals surface area contributed by atoms with Crippen LogP contribution in [0.1, 0.15) is 22.3 Å². The Balaban J connectivity index is 1.62. The molecule has 2 heterocycles. The van der Waals surface area contributed by atoms with Crippen molar-refractivity contribution in [1.82, 2.24) is 0 Å². The maximum absolute atomic E-state index is 2.53. The summed E-state index contributed by atoms with van der Waals surface area (Å²) in [5, 5.41) is 0. The summed E-state index contributed by atoms with van der Waals surface area (Å²) < 4.78 is 0. The van der Waals surface area contributed by atoms with Crippen LogP contribution >= 0.6 is 0 Å². The average molecular weight is 501 g/mol. The van der Waals surface area contributed by atoms with Gasteiger partial charge in [0.15, 0.2) is 11.6 Å². The van der Waals surface area contributed by atoms with E-state index in [1.54, 1.807) is 0 Å². The van der Waals surface area contributed by atoms with Crippen molar-refractivity contribution in [3.63, 3.8) is 0 Å². The van der Waals surface area contributed by atoms with E-state index in [4.69, 9.17) is 0 Å². The first-order valence-corrected chi connectivity index (χ1v) is 13.6.